The van der Waals surface area contributed by atoms with Crippen LogP contribution in [0.15, 0.2) is 0 Å². The van der Waals surface area contributed by atoms with Gasteiger partial charge in [-0.3, -0.25) is 0 Å². The van der Waals surface area contributed by atoms with E-state index >= 15 is 0 Å². The minimum Gasteiger partial charge on any atom is -0.353 e. The molecule has 0 aromatic heterocycles. The van der Waals surface area contributed by atoms with E-state index in [1.54, 1.807) is 0 Å². The second-order valence-electron chi connectivity index (χ2n) is 10.5. The predicted molar refractivity (Wildman–Crippen MR) is 112 cm³/mol. The molecule has 7 heteroatoms. The molecule has 2 saturated carbocycles. The summed E-state index contributed by atoms with van der Waals surface area (Å²) >= 11 is 0. The largest absolute Gasteiger partial charge is 0.353 e. The molecular formula is C24H40O7. The van der Waals surface area contributed by atoms with Gasteiger partial charge in [0.2, 0.25) is 0 Å². The Balaban J connectivity index is 1.29. The fraction of sp³-hybridized carbons (Fsp3) is 1.00. The Morgan fingerprint density at radius 2 is 1.48 bits per heavy atom. The topological polar surface area (TPSA) is 64.6 Å². The third-order valence-electron chi connectivity index (χ3n) is 7.38. The fourth-order valence-corrected chi connectivity index (χ4v) is 5.82. The molecule has 5 fully saturated rings. The molecular weight excluding hydrogens is 400 g/mol. The lowest BCUT2D eigenvalue weighted by molar-refractivity contribution is -0.274. The van der Waals surface area contributed by atoms with Gasteiger partial charge in [-0.05, 0) is 38.5 Å². The maximum absolute atomic E-state index is 6.56. The smallest absolute Gasteiger partial charge is 0.190 e. The molecule has 2 aliphatic carbocycles. The van der Waals surface area contributed by atoms with Gasteiger partial charge in [0.15, 0.2) is 24.2 Å². The molecule has 3 heterocycles. The number of rotatable bonds is 6. The van der Waals surface area contributed by atoms with Crippen molar-refractivity contribution in [3.05, 3.63) is 0 Å². The fourth-order valence-electron chi connectivity index (χ4n) is 5.82. The maximum Gasteiger partial charge on any atom is 0.190 e. The Bertz CT molecular complexity index is 599. The van der Waals surface area contributed by atoms with Crippen LogP contribution in [0.25, 0.3) is 0 Å². The molecule has 0 aromatic carbocycles. The van der Waals surface area contributed by atoms with Crippen LogP contribution < -0.4 is 0 Å². The average molecular weight is 441 g/mol. The van der Waals surface area contributed by atoms with E-state index in [2.05, 4.69) is 13.8 Å². The van der Waals surface area contributed by atoms with Crippen molar-refractivity contribution in [3.63, 3.8) is 0 Å². The first-order valence-corrected chi connectivity index (χ1v) is 12.6. The van der Waals surface area contributed by atoms with Gasteiger partial charge in [0.1, 0.15) is 24.4 Å². The van der Waals surface area contributed by atoms with E-state index in [0.29, 0.717) is 19.1 Å². The summed E-state index contributed by atoms with van der Waals surface area (Å²) in [5, 5.41) is 0. The lowest BCUT2D eigenvalue weighted by Crippen LogP contribution is -2.47. The van der Waals surface area contributed by atoms with Crippen LogP contribution in [0.3, 0.4) is 0 Å². The minimum atomic E-state index is -0.514. The Hall–Kier alpha value is -0.280. The molecule has 0 N–H and O–H groups in total. The third-order valence-corrected chi connectivity index (χ3v) is 7.38. The Morgan fingerprint density at radius 3 is 2.16 bits per heavy atom. The van der Waals surface area contributed by atoms with Crippen LogP contribution in [0.4, 0.5) is 0 Å². The molecule has 0 bridgehead atoms. The summed E-state index contributed by atoms with van der Waals surface area (Å²) in [6.45, 7) is 7.40. The maximum atomic E-state index is 6.56. The van der Waals surface area contributed by atoms with Gasteiger partial charge in [0.05, 0.1) is 13.2 Å². The lowest BCUT2D eigenvalue weighted by Gasteiger charge is -2.36. The van der Waals surface area contributed by atoms with Gasteiger partial charge in [-0.1, -0.05) is 26.7 Å². The highest BCUT2D eigenvalue weighted by molar-refractivity contribution is 5.01. The average Bonchev–Trinajstić information content (AvgIpc) is 3.40. The standard InChI is InChI=1S/C24H40O7/c1-16(2)14-25-17(3)27-20-19(18-15-26-23(29-18)10-6-4-7-11-23)28-22-21(20)30-24(31-22)12-8-5-9-13-24/h16-22H,4-15H2,1-3H3/t17?,18?,19-,20+,21-,22-/m1/s1. The molecule has 2 spiro atoms. The second kappa shape index (κ2) is 9.16. The summed E-state index contributed by atoms with van der Waals surface area (Å²) in [5.41, 5.74) is 0. The van der Waals surface area contributed by atoms with Crippen LogP contribution in [0, 0.1) is 5.92 Å². The van der Waals surface area contributed by atoms with Gasteiger partial charge in [0.25, 0.3) is 0 Å². The van der Waals surface area contributed by atoms with Crippen molar-refractivity contribution in [1.29, 1.82) is 0 Å². The molecule has 3 saturated heterocycles. The van der Waals surface area contributed by atoms with Crippen LogP contribution in [0.1, 0.15) is 85.0 Å². The molecule has 31 heavy (non-hydrogen) atoms. The molecule has 7 nitrogen and oxygen atoms in total. The van der Waals surface area contributed by atoms with E-state index in [1.807, 2.05) is 6.92 Å². The zero-order valence-corrected chi connectivity index (χ0v) is 19.4. The number of fused-ring (bicyclic) bond motifs is 1. The lowest BCUT2D eigenvalue weighted by atomic mass is 9.94. The van der Waals surface area contributed by atoms with Crippen molar-refractivity contribution in [3.8, 4) is 0 Å². The van der Waals surface area contributed by atoms with Crippen LogP contribution in [0.5, 0.6) is 0 Å². The molecule has 178 valence electrons. The quantitative estimate of drug-likeness (QED) is 0.572. The van der Waals surface area contributed by atoms with Crippen molar-refractivity contribution >= 4 is 0 Å². The van der Waals surface area contributed by atoms with Gasteiger partial charge in [-0.2, -0.15) is 0 Å². The summed E-state index contributed by atoms with van der Waals surface area (Å²) in [6.07, 6.45) is 9.00. The number of hydrogen-bond donors (Lipinski definition) is 0. The molecule has 3 aliphatic heterocycles. The first kappa shape index (κ1) is 22.5. The molecule has 0 aromatic rings. The monoisotopic (exact) mass is 440 g/mol. The molecule has 6 atom stereocenters. The Morgan fingerprint density at radius 1 is 0.806 bits per heavy atom. The van der Waals surface area contributed by atoms with Crippen molar-refractivity contribution in [2.24, 2.45) is 5.92 Å². The van der Waals surface area contributed by atoms with Crippen LogP contribution in [0.2, 0.25) is 0 Å². The van der Waals surface area contributed by atoms with Crippen LogP contribution in [-0.4, -0.2) is 61.8 Å². The zero-order chi connectivity index (χ0) is 21.5. The summed E-state index contributed by atoms with van der Waals surface area (Å²) < 4.78 is 44.4. The highest BCUT2D eigenvalue weighted by Gasteiger charge is 2.62. The highest BCUT2D eigenvalue weighted by Crippen LogP contribution is 2.48. The van der Waals surface area contributed by atoms with Crippen LogP contribution >= 0.6 is 0 Å². The van der Waals surface area contributed by atoms with Gasteiger partial charge in [-0.15, -0.1) is 0 Å². The molecule has 2 unspecified atom stereocenters. The van der Waals surface area contributed by atoms with Gasteiger partial charge in [0, 0.05) is 25.7 Å². The Kier molecular flexibility index (Phi) is 6.65. The first-order valence-electron chi connectivity index (χ1n) is 12.6. The highest BCUT2D eigenvalue weighted by atomic mass is 16.9. The summed E-state index contributed by atoms with van der Waals surface area (Å²) in [4.78, 5) is 0. The van der Waals surface area contributed by atoms with E-state index < -0.39 is 17.9 Å². The van der Waals surface area contributed by atoms with Crippen LogP contribution in [-0.2, 0) is 33.2 Å². The van der Waals surface area contributed by atoms with Gasteiger partial charge < -0.3 is 33.2 Å². The van der Waals surface area contributed by atoms with E-state index in [9.17, 15) is 0 Å². The second-order valence-corrected chi connectivity index (χ2v) is 10.5. The molecule has 0 amide bonds. The van der Waals surface area contributed by atoms with Crippen molar-refractivity contribution in [1.82, 2.24) is 0 Å². The van der Waals surface area contributed by atoms with E-state index in [0.717, 1.165) is 51.4 Å². The normalized spacial score (nSPS) is 40.1. The number of hydrogen-bond acceptors (Lipinski definition) is 7. The first-order chi connectivity index (χ1) is 15.0. The molecule has 5 rings (SSSR count). The van der Waals surface area contributed by atoms with E-state index in [-0.39, 0.29) is 30.7 Å². The van der Waals surface area contributed by atoms with Gasteiger partial charge >= 0.3 is 0 Å². The minimum absolute atomic E-state index is 0.180. The molecule has 0 radical (unpaired) electrons. The van der Waals surface area contributed by atoms with Crippen molar-refractivity contribution in [2.75, 3.05) is 13.2 Å². The Labute approximate surface area is 186 Å². The predicted octanol–water partition coefficient (Wildman–Crippen LogP) is 4.27. The van der Waals surface area contributed by atoms with Gasteiger partial charge in [-0.25, -0.2) is 0 Å². The zero-order valence-electron chi connectivity index (χ0n) is 19.4. The van der Waals surface area contributed by atoms with Crippen molar-refractivity contribution < 1.29 is 33.2 Å². The summed E-state index contributed by atoms with van der Waals surface area (Å²) in [6, 6.07) is 0. The number of ether oxygens (including phenoxy) is 7. The van der Waals surface area contributed by atoms with E-state index in [4.69, 9.17) is 33.2 Å². The molecule has 5 aliphatic rings. The summed E-state index contributed by atoms with van der Waals surface area (Å²) in [7, 11) is 0. The van der Waals surface area contributed by atoms with Crippen molar-refractivity contribution in [2.45, 2.75) is 134 Å². The van der Waals surface area contributed by atoms with E-state index in [1.165, 1.54) is 12.8 Å². The SMILES string of the molecule is CC(C)COC(C)O[C@@H]1[C@H]2OC3(CCCCC3)O[C@H]2O[C@@H]1C1COC2(CCCCC2)O1. The third kappa shape index (κ3) is 4.70. The summed E-state index contributed by atoms with van der Waals surface area (Å²) in [5.74, 6) is -0.510.